The second-order valence-corrected chi connectivity index (χ2v) is 6.38. The Kier molecular flexibility index (Phi) is 4.42. The van der Waals surface area contributed by atoms with Crippen LogP contribution in [0.1, 0.15) is 11.3 Å². The maximum atomic E-state index is 13.3. The zero-order chi connectivity index (χ0) is 19.9. The number of aromatic amines is 1. The Labute approximate surface area is 157 Å². The molecule has 1 saturated heterocycles. The molecule has 0 spiro atoms. The number of halogens is 3. The van der Waals surface area contributed by atoms with Crippen molar-refractivity contribution in [3.05, 3.63) is 35.7 Å². The number of hydrogen-bond donors (Lipinski definition) is 3. The summed E-state index contributed by atoms with van der Waals surface area (Å²) in [5.74, 6) is 0. The Morgan fingerprint density at radius 2 is 2.00 bits per heavy atom. The summed E-state index contributed by atoms with van der Waals surface area (Å²) < 4.78 is 45.4. The summed E-state index contributed by atoms with van der Waals surface area (Å²) >= 11 is 0. The number of nitrogen functional groups attached to an aromatic ring is 1. The Morgan fingerprint density at radius 3 is 2.68 bits per heavy atom. The quantitative estimate of drug-likeness (QED) is 0.471. The van der Waals surface area contributed by atoms with E-state index in [2.05, 4.69) is 15.2 Å². The number of hydrogen-bond acceptors (Lipinski definition) is 6. The Balaban J connectivity index is 1.99. The molecule has 0 bridgehead atoms. The molecule has 1 aliphatic heterocycles. The topological polar surface area (TPSA) is 104 Å². The number of anilines is 2. The lowest BCUT2D eigenvalue weighted by Crippen LogP contribution is -2.36. The maximum absolute atomic E-state index is 13.3. The van der Waals surface area contributed by atoms with Crippen LogP contribution in [0, 0.1) is 5.41 Å². The van der Waals surface area contributed by atoms with Gasteiger partial charge >= 0.3 is 6.18 Å². The number of pyridine rings is 1. The molecule has 0 radical (unpaired) electrons. The van der Waals surface area contributed by atoms with Crippen LogP contribution >= 0.6 is 0 Å². The standard InChI is InChI=1S/C18H17F3N6O/c19-18(20,21)17-11(9-24-26-17)14-7-15(27-3-5-28-6-4-27)16-10(8-22)12(23)1-2-13(16)25-14/h1-2,7-9,22H,3-6,23H2,(H,24,26). The van der Waals surface area contributed by atoms with E-state index in [1.165, 1.54) is 6.20 Å². The van der Waals surface area contributed by atoms with Crippen LogP contribution in [0.25, 0.3) is 22.2 Å². The van der Waals surface area contributed by atoms with Gasteiger partial charge in [0.05, 0.1) is 30.0 Å². The van der Waals surface area contributed by atoms with Crippen molar-refractivity contribution in [3.8, 4) is 11.3 Å². The molecule has 3 aromatic rings. The van der Waals surface area contributed by atoms with Gasteiger partial charge in [-0.15, -0.1) is 0 Å². The minimum atomic E-state index is -4.60. The van der Waals surface area contributed by atoms with Gasteiger partial charge in [0.15, 0.2) is 5.69 Å². The third kappa shape index (κ3) is 3.05. The third-order valence-electron chi connectivity index (χ3n) is 4.71. The number of alkyl halides is 3. The minimum Gasteiger partial charge on any atom is -0.398 e. The molecule has 10 heteroatoms. The first-order chi connectivity index (χ1) is 13.4. The fourth-order valence-corrected chi connectivity index (χ4v) is 3.40. The Bertz CT molecular complexity index is 1040. The highest BCUT2D eigenvalue weighted by molar-refractivity contribution is 6.09. The highest BCUT2D eigenvalue weighted by atomic mass is 19.4. The number of fused-ring (bicyclic) bond motifs is 1. The summed E-state index contributed by atoms with van der Waals surface area (Å²) in [6, 6.07) is 4.85. The smallest absolute Gasteiger partial charge is 0.398 e. The number of H-pyrrole nitrogens is 1. The van der Waals surface area contributed by atoms with Crippen molar-refractivity contribution in [2.75, 3.05) is 36.9 Å². The van der Waals surface area contributed by atoms with E-state index in [1.54, 1.807) is 18.2 Å². The molecule has 4 rings (SSSR count). The van der Waals surface area contributed by atoms with Crippen molar-refractivity contribution in [2.45, 2.75) is 6.18 Å². The van der Waals surface area contributed by atoms with Crippen LogP contribution in [-0.4, -0.2) is 47.7 Å². The van der Waals surface area contributed by atoms with E-state index in [1.807, 2.05) is 4.90 Å². The molecule has 4 N–H and O–H groups in total. The van der Waals surface area contributed by atoms with Gasteiger partial charge < -0.3 is 20.8 Å². The van der Waals surface area contributed by atoms with Gasteiger partial charge in [0, 0.05) is 47.8 Å². The van der Waals surface area contributed by atoms with E-state index in [-0.39, 0.29) is 11.3 Å². The molecule has 1 fully saturated rings. The van der Waals surface area contributed by atoms with Crippen molar-refractivity contribution >= 4 is 28.5 Å². The van der Waals surface area contributed by atoms with Crippen LogP contribution < -0.4 is 10.6 Å². The number of benzene rings is 1. The van der Waals surface area contributed by atoms with Crippen LogP contribution in [0.2, 0.25) is 0 Å². The second kappa shape index (κ2) is 6.79. The van der Waals surface area contributed by atoms with Crippen LogP contribution in [0.4, 0.5) is 24.5 Å². The van der Waals surface area contributed by atoms with Gasteiger partial charge in [0.2, 0.25) is 0 Å². The predicted molar refractivity (Wildman–Crippen MR) is 99.7 cm³/mol. The zero-order valence-electron chi connectivity index (χ0n) is 14.7. The SMILES string of the molecule is N=Cc1c(N)ccc2nc(-c3c[nH]nc3C(F)(F)F)cc(N3CCOCC3)c12. The van der Waals surface area contributed by atoms with E-state index in [4.69, 9.17) is 15.9 Å². The predicted octanol–water partition coefficient (Wildman–Crippen LogP) is 3.06. The van der Waals surface area contributed by atoms with Crippen molar-refractivity contribution in [1.82, 2.24) is 15.2 Å². The summed E-state index contributed by atoms with van der Waals surface area (Å²) in [5.41, 5.74) is 7.05. The van der Waals surface area contributed by atoms with Gasteiger partial charge in [-0.25, -0.2) is 4.98 Å². The number of ether oxygens (including phenoxy) is 1. The summed E-state index contributed by atoms with van der Waals surface area (Å²) in [7, 11) is 0. The summed E-state index contributed by atoms with van der Waals surface area (Å²) in [5, 5.41) is 14.0. The molecule has 1 aliphatic rings. The first kappa shape index (κ1) is 18.2. The second-order valence-electron chi connectivity index (χ2n) is 6.38. The van der Waals surface area contributed by atoms with Crippen molar-refractivity contribution in [2.24, 2.45) is 0 Å². The molecular weight excluding hydrogens is 373 g/mol. The average Bonchev–Trinajstić information content (AvgIpc) is 3.18. The van der Waals surface area contributed by atoms with Gasteiger partial charge in [0.25, 0.3) is 0 Å². The molecule has 1 aromatic carbocycles. The molecule has 2 aromatic heterocycles. The normalized spacial score (nSPS) is 15.2. The highest BCUT2D eigenvalue weighted by Crippen LogP contribution is 2.39. The van der Waals surface area contributed by atoms with Gasteiger partial charge in [-0.3, -0.25) is 5.10 Å². The molecule has 0 atom stereocenters. The monoisotopic (exact) mass is 390 g/mol. The van der Waals surface area contributed by atoms with Crippen LogP contribution in [-0.2, 0) is 10.9 Å². The maximum Gasteiger partial charge on any atom is 0.435 e. The molecule has 0 unspecified atom stereocenters. The first-order valence-corrected chi connectivity index (χ1v) is 8.58. The summed E-state index contributed by atoms with van der Waals surface area (Å²) in [6.45, 7) is 2.15. The van der Waals surface area contributed by atoms with E-state index in [0.29, 0.717) is 54.1 Å². The van der Waals surface area contributed by atoms with Crippen molar-refractivity contribution in [3.63, 3.8) is 0 Å². The van der Waals surface area contributed by atoms with E-state index >= 15 is 0 Å². The van der Waals surface area contributed by atoms with Gasteiger partial charge in [0.1, 0.15) is 0 Å². The molecule has 0 amide bonds. The van der Waals surface area contributed by atoms with Gasteiger partial charge in [-0.2, -0.15) is 18.3 Å². The molecule has 7 nitrogen and oxygen atoms in total. The lowest BCUT2D eigenvalue weighted by molar-refractivity contribution is -0.140. The lowest BCUT2D eigenvalue weighted by atomic mass is 10.0. The molecular formula is C18H17F3N6O. The fraction of sp³-hybridized carbons (Fsp3) is 0.278. The number of aromatic nitrogens is 3. The lowest BCUT2D eigenvalue weighted by Gasteiger charge is -2.30. The molecule has 3 heterocycles. The Morgan fingerprint density at radius 1 is 1.25 bits per heavy atom. The number of morpholine rings is 1. The summed E-state index contributed by atoms with van der Waals surface area (Å²) in [6.07, 6.45) is -2.27. The number of nitrogens with zero attached hydrogens (tertiary/aromatic N) is 3. The van der Waals surface area contributed by atoms with E-state index < -0.39 is 11.9 Å². The largest absolute Gasteiger partial charge is 0.435 e. The molecule has 28 heavy (non-hydrogen) atoms. The van der Waals surface area contributed by atoms with Crippen molar-refractivity contribution in [1.29, 1.82) is 5.41 Å². The zero-order valence-corrected chi connectivity index (χ0v) is 14.7. The molecule has 0 saturated carbocycles. The first-order valence-electron chi connectivity index (χ1n) is 8.58. The van der Waals surface area contributed by atoms with Crippen LogP contribution in [0.3, 0.4) is 0 Å². The number of nitrogens with two attached hydrogens (primary N) is 1. The minimum absolute atomic E-state index is 0.128. The van der Waals surface area contributed by atoms with E-state index in [9.17, 15) is 13.2 Å². The fourth-order valence-electron chi connectivity index (χ4n) is 3.40. The average molecular weight is 390 g/mol. The van der Waals surface area contributed by atoms with Crippen LogP contribution in [0.5, 0.6) is 0 Å². The van der Waals surface area contributed by atoms with Crippen molar-refractivity contribution < 1.29 is 17.9 Å². The third-order valence-corrected chi connectivity index (χ3v) is 4.71. The highest BCUT2D eigenvalue weighted by Gasteiger charge is 2.37. The van der Waals surface area contributed by atoms with Gasteiger partial charge in [-0.05, 0) is 18.2 Å². The van der Waals surface area contributed by atoms with Crippen LogP contribution in [0.15, 0.2) is 24.4 Å². The Hall–Kier alpha value is -3.14. The van der Waals surface area contributed by atoms with E-state index in [0.717, 1.165) is 6.21 Å². The summed E-state index contributed by atoms with van der Waals surface area (Å²) in [4.78, 5) is 6.43. The number of nitrogens with one attached hydrogen (secondary N) is 2. The van der Waals surface area contributed by atoms with Gasteiger partial charge in [-0.1, -0.05) is 0 Å². The molecule has 0 aliphatic carbocycles. The number of rotatable bonds is 3. The molecule has 146 valence electrons.